The van der Waals surface area contributed by atoms with Crippen molar-refractivity contribution in [3.63, 3.8) is 0 Å². The van der Waals surface area contributed by atoms with Crippen molar-refractivity contribution >= 4 is 0 Å². The van der Waals surface area contributed by atoms with E-state index in [4.69, 9.17) is 9.47 Å². The van der Waals surface area contributed by atoms with Gasteiger partial charge in [0.2, 0.25) is 0 Å². The molecule has 3 nitrogen and oxygen atoms in total. The fourth-order valence-corrected chi connectivity index (χ4v) is 2.19. The first-order valence-corrected chi connectivity index (χ1v) is 6.70. The minimum atomic E-state index is 0.511. The van der Waals surface area contributed by atoms with Gasteiger partial charge in [-0.1, -0.05) is 6.92 Å². The lowest BCUT2D eigenvalue weighted by Crippen LogP contribution is -2.33. The molecule has 96 valence electrons. The monoisotopic (exact) mass is 229 g/mol. The van der Waals surface area contributed by atoms with E-state index < -0.39 is 0 Å². The van der Waals surface area contributed by atoms with Gasteiger partial charge in [0.25, 0.3) is 0 Å². The molecule has 0 aromatic heterocycles. The van der Waals surface area contributed by atoms with Gasteiger partial charge in [-0.2, -0.15) is 0 Å². The zero-order valence-electron chi connectivity index (χ0n) is 10.8. The van der Waals surface area contributed by atoms with E-state index in [1.165, 1.54) is 32.1 Å². The van der Waals surface area contributed by atoms with Gasteiger partial charge in [-0.05, 0) is 45.1 Å². The topological polar surface area (TPSA) is 30.5 Å². The van der Waals surface area contributed by atoms with Crippen molar-refractivity contribution in [1.82, 2.24) is 5.32 Å². The molecule has 0 amide bonds. The van der Waals surface area contributed by atoms with Crippen LogP contribution in [-0.2, 0) is 9.47 Å². The van der Waals surface area contributed by atoms with Crippen LogP contribution in [0.5, 0.6) is 0 Å². The van der Waals surface area contributed by atoms with Crippen molar-refractivity contribution in [2.45, 2.75) is 57.6 Å². The molecule has 2 unspecified atom stereocenters. The first-order chi connectivity index (χ1) is 7.86. The molecule has 0 saturated carbocycles. The number of methoxy groups -OCH3 is 1. The molecule has 0 radical (unpaired) electrons. The summed E-state index contributed by atoms with van der Waals surface area (Å²) in [5.74, 6) is 0. The third-order valence-corrected chi connectivity index (χ3v) is 3.27. The van der Waals surface area contributed by atoms with Gasteiger partial charge in [0.1, 0.15) is 0 Å². The maximum absolute atomic E-state index is 5.71. The third kappa shape index (κ3) is 5.83. The molecular formula is C13H27NO2. The summed E-state index contributed by atoms with van der Waals surface area (Å²) >= 11 is 0. The van der Waals surface area contributed by atoms with Crippen molar-refractivity contribution in [3.05, 3.63) is 0 Å². The molecule has 1 aliphatic rings. The van der Waals surface area contributed by atoms with Crippen LogP contribution in [-0.4, -0.2) is 39.0 Å². The van der Waals surface area contributed by atoms with E-state index >= 15 is 0 Å². The molecule has 1 aliphatic heterocycles. The summed E-state index contributed by atoms with van der Waals surface area (Å²) in [6.45, 7) is 5.07. The molecule has 1 rings (SSSR count). The maximum atomic E-state index is 5.71. The fourth-order valence-electron chi connectivity index (χ4n) is 2.19. The van der Waals surface area contributed by atoms with Crippen LogP contribution in [0.2, 0.25) is 0 Å². The van der Waals surface area contributed by atoms with Gasteiger partial charge in [0.15, 0.2) is 0 Å². The van der Waals surface area contributed by atoms with E-state index in [1.54, 1.807) is 7.11 Å². The van der Waals surface area contributed by atoms with Gasteiger partial charge in [-0.3, -0.25) is 0 Å². The van der Waals surface area contributed by atoms with Crippen molar-refractivity contribution < 1.29 is 9.47 Å². The molecule has 0 aromatic carbocycles. The predicted octanol–water partition coefficient (Wildman–Crippen LogP) is 2.35. The molecule has 0 spiro atoms. The Balaban J connectivity index is 1.97. The van der Waals surface area contributed by atoms with E-state index in [0.29, 0.717) is 12.1 Å². The molecule has 3 heteroatoms. The summed E-state index contributed by atoms with van der Waals surface area (Å²) in [5.41, 5.74) is 0. The van der Waals surface area contributed by atoms with Gasteiger partial charge in [0.05, 0.1) is 12.7 Å². The normalized spacial score (nSPS) is 23.2. The van der Waals surface area contributed by atoms with Gasteiger partial charge in [-0.15, -0.1) is 0 Å². The molecule has 1 saturated heterocycles. The second-order valence-electron chi connectivity index (χ2n) is 4.65. The molecule has 1 fully saturated rings. The zero-order valence-corrected chi connectivity index (χ0v) is 10.8. The summed E-state index contributed by atoms with van der Waals surface area (Å²) < 4.78 is 10.9. The summed E-state index contributed by atoms with van der Waals surface area (Å²) in [7, 11) is 1.76. The number of ether oxygens (including phenoxy) is 2. The van der Waals surface area contributed by atoms with Crippen LogP contribution in [0.15, 0.2) is 0 Å². The highest BCUT2D eigenvalue weighted by Crippen LogP contribution is 2.16. The smallest absolute Gasteiger partial charge is 0.0615 e. The highest BCUT2D eigenvalue weighted by Gasteiger charge is 2.13. The standard InChI is InChI=1S/C13H27NO2/c1-3-12(11-15-2)14-9-6-8-13-7-4-5-10-16-13/h12-14H,3-11H2,1-2H3. The summed E-state index contributed by atoms with van der Waals surface area (Å²) in [5, 5.41) is 3.53. The lowest BCUT2D eigenvalue weighted by molar-refractivity contribution is 0.01000. The Labute approximate surface area is 99.9 Å². The summed E-state index contributed by atoms with van der Waals surface area (Å²) in [6.07, 6.45) is 7.93. The van der Waals surface area contributed by atoms with E-state index in [1.807, 2.05) is 0 Å². The molecule has 1 N–H and O–H groups in total. The SMILES string of the molecule is CCC(COC)NCCCC1CCCCO1. The van der Waals surface area contributed by atoms with Crippen LogP contribution in [0.25, 0.3) is 0 Å². The van der Waals surface area contributed by atoms with E-state index in [-0.39, 0.29) is 0 Å². The van der Waals surface area contributed by atoms with Crippen molar-refractivity contribution in [1.29, 1.82) is 0 Å². The Morgan fingerprint density at radius 1 is 1.44 bits per heavy atom. The van der Waals surface area contributed by atoms with Crippen molar-refractivity contribution in [2.75, 3.05) is 26.9 Å². The lowest BCUT2D eigenvalue weighted by Gasteiger charge is -2.23. The predicted molar refractivity (Wildman–Crippen MR) is 66.8 cm³/mol. The molecule has 2 atom stereocenters. The first kappa shape index (κ1) is 13.9. The Hall–Kier alpha value is -0.120. The highest BCUT2D eigenvalue weighted by atomic mass is 16.5. The van der Waals surface area contributed by atoms with Crippen LogP contribution in [0, 0.1) is 0 Å². The summed E-state index contributed by atoms with van der Waals surface area (Å²) in [4.78, 5) is 0. The number of hydrogen-bond acceptors (Lipinski definition) is 3. The van der Waals surface area contributed by atoms with Crippen LogP contribution >= 0.6 is 0 Å². The van der Waals surface area contributed by atoms with E-state index in [2.05, 4.69) is 12.2 Å². The van der Waals surface area contributed by atoms with Crippen LogP contribution in [0.1, 0.15) is 45.4 Å². The fraction of sp³-hybridized carbons (Fsp3) is 1.00. The molecule has 16 heavy (non-hydrogen) atoms. The van der Waals surface area contributed by atoms with E-state index in [9.17, 15) is 0 Å². The van der Waals surface area contributed by atoms with Crippen LogP contribution < -0.4 is 5.32 Å². The quantitative estimate of drug-likeness (QED) is 0.648. The minimum absolute atomic E-state index is 0.511. The second-order valence-corrected chi connectivity index (χ2v) is 4.65. The number of nitrogens with one attached hydrogen (secondary N) is 1. The van der Waals surface area contributed by atoms with Gasteiger partial charge < -0.3 is 14.8 Å². The highest BCUT2D eigenvalue weighted by molar-refractivity contribution is 4.67. The molecule has 0 aromatic rings. The van der Waals surface area contributed by atoms with Gasteiger partial charge in [0, 0.05) is 19.8 Å². The largest absolute Gasteiger partial charge is 0.383 e. The average Bonchev–Trinajstić information content (AvgIpc) is 2.34. The number of rotatable bonds is 8. The van der Waals surface area contributed by atoms with Crippen LogP contribution in [0.4, 0.5) is 0 Å². The Bertz CT molecular complexity index is 151. The van der Waals surface area contributed by atoms with Gasteiger partial charge in [-0.25, -0.2) is 0 Å². The zero-order chi connectivity index (χ0) is 11.6. The number of hydrogen-bond donors (Lipinski definition) is 1. The van der Waals surface area contributed by atoms with Crippen LogP contribution in [0.3, 0.4) is 0 Å². The Kier molecular flexibility index (Phi) is 7.81. The average molecular weight is 229 g/mol. The second kappa shape index (κ2) is 8.97. The third-order valence-electron chi connectivity index (χ3n) is 3.27. The maximum Gasteiger partial charge on any atom is 0.0615 e. The summed E-state index contributed by atoms with van der Waals surface area (Å²) in [6, 6.07) is 0.511. The molecular weight excluding hydrogens is 202 g/mol. The lowest BCUT2D eigenvalue weighted by atomic mass is 10.0. The molecule has 0 bridgehead atoms. The van der Waals surface area contributed by atoms with Gasteiger partial charge >= 0.3 is 0 Å². The van der Waals surface area contributed by atoms with Crippen molar-refractivity contribution in [3.8, 4) is 0 Å². The minimum Gasteiger partial charge on any atom is -0.383 e. The Morgan fingerprint density at radius 3 is 2.94 bits per heavy atom. The van der Waals surface area contributed by atoms with Crippen molar-refractivity contribution in [2.24, 2.45) is 0 Å². The Morgan fingerprint density at radius 2 is 2.31 bits per heavy atom. The first-order valence-electron chi connectivity index (χ1n) is 6.70. The molecule has 1 heterocycles. The van der Waals surface area contributed by atoms with E-state index in [0.717, 1.165) is 26.2 Å². The molecule has 0 aliphatic carbocycles.